The standard InChI is InChI=1S/C23H25NO3/c1-15-13-19(22(25)26)9-6-16(15)10-11-21(24-27)18-8-7-17-5-4-12-23(2,3)20(17)14-18/h6-11,13-14,27H,4-5,12H2,1-3H3,(H,25,26)/b11-10+,24-21+. The van der Waals surface area contributed by atoms with Gasteiger partial charge in [0.25, 0.3) is 0 Å². The van der Waals surface area contributed by atoms with Gasteiger partial charge in [0.2, 0.25) is 0 Å². The number of allylic oxidation sites excluding steroid dienone is 1. The maximum atomic E-state index is 11.1. The molecule has 27 heavy (non-hydrogen) atoms. The number of nitrogens with zero attached hydrogens (tertiary/aromatic N) is 1. The van der Waals surface area contributed by atoms with Crippen LogP contribution in [0, 0.1) is 6.92 Å². The second-order valence-corrected chi connectivity index (χ2v) is 7.80. The van der Waals surface area contributed by atoms with Gasteiger partial charge in [-0.15, -0.1) is 0 Å². The predicted molar refractivity (Wildman–Crippen MR) is 108 cm³/mol. The lowest BCUT2D eigenvalue weighted by Gasteiger charge is -2.33. The third kappa shape index (κ3) is 3.95. The van der Waals surface area contributed by atoms with E-state index in [0.29, 0.717) is 5.71 Å². The van der Waals surface area contributed by atoms with Gasteiger partial charge in [0.1, 0.15) is 5.71 Å². The number of hydrogen-bond donors (Lipinski definition) is 2. The van der Waals surface area contributed by atoms with Gasteiger partial charge in [-0.3, -0.25) is 0 Å². The Morgan fingerprint density at radius 3 is 2.56 bits per heavy atom. The molecule has 0 aliphatic heterocycles. The molecule has 140 valence electrons. The number of carboxylic acids is 1. The second-order valence-electron chi connectivity index (χ2n) is 7.80. The molecule has 2 aromatic rings. The Bertz CT molecular complexity index is 939. The average Bonchev–Trinajstić information content (AvgIpc) is 2.63. The molecule has 0 atom stereocenters. The summed E-state index contributed by atoms with van der Waals surface area (Å²) < 4.78 is 0. The molecule has 0 radical (unpaired) electrons. The average molecular weight is 363 g/mol. The molecule has 1 aliphatic carbocycles. The van der Waals surface area contributed by atoms with Crippen molar-refractivity contribution in [2.24, 2.45) is 5.16 Å². The Labute approximate surface area is 159 Å². The van der Waals surface area contributed by atoms with Crippen molar-refractivity contribution in [1.29, 1.82) is 0 Å². The van der Waals surface area contributed by atoms with Crippen molar-refractivity contribution in [2.75, 3.05) is 0 Å². The first-order chi connectivity index (χ1) is 12.8. The van der Waals surface area contributed by atoms with Crippen LogP contribution in [-0.4, -0.2) is 22.0 Å². The molecule has 2 aromatic carbocycles. The van der Waals surface area contributed by atoms with Gasteiger partial charge in [-0.1, -0.05) is 43.3 Å². The van der Waals surface area contributed by atoms with Crippen molar-refractivity contribution < 1.29 is 15.1 Å². The van der Waals surface area contributed by atoms with Crippen molar-refractivity contribution >= 4 is 17.8 Å². The number of carbonyl (C=O) groups is 1. The van der Waals surface area contributed by atoms with E-state index in [1.54, 1.807) is 24.3 Å². The summed E-state index contributed by atoms with van der Waals surface area (Å²) in [7, 11) is 0. The number of aromatic carboxylic acids is 1. The second kappa shape index (κ2) is 7.39. The first-order valence-electron chi connectivity index (χ1n) is 9.20. The normalized spacial score (nSPS) is 16.3. The maximum Gasteiger partial charge on any atom is 0.335 e. The molecule has 0 spiro atoms. The third-order valence-corrected chi connectivity index (χ3v) is 5.43. The number of benzene rings is 2. The Balaban J connectivity index is 1.91. The van der Waals surface area contributed by atoms with Crippen LogP contribution in [0.1, 0.15) is 64.9 Å². The van der Waals surface area contributed by atoms with Gasteiger partial charge in [0, 0.05) is 5.56 Å². The van der Waals surface area contributed by atoms with E-state index in [-0.39, 0.29) is 11.0 Å². The molecule has 0 heterocycles. The molecule has 0 aromatic heterocycles. The maximum absolute atomic E-state index is 11.1. The zero-order valence-corrected chi connectivity index (χ0v) is 16.0. The molecule has 0 unspecified atom stereocenters. The van der Waals surface area contributed by atoms with Crippen LogP contribution in [0.25, 0.3) is 6.08 Å². The molecule has 3 rings (SSSR count). The summed E-state index contributed by atoms with van der Waals surface area (Å²) in [5, 5.41) is 22.1. The minimum Gasteiger partial charge on any atom is -0.478 e. The first kappa shape index (κ1) is 18.9. The zero-order valence-electron chi connectivity index (χ0n) is 16.0. The topological polar surface area (TPSA) is 69.9 Å². The molecule has 2 N–H and O–H groups in total. The summed E-state index contributed by atoms with van der Waals surface area (Å²) in [6, 6.07) is 11.2. The van der Waals surface area contributed by atoms with Crippen LogP contribution < -0.4 is 0 Å². The number of rotatable bonds is 4. The fraction of sp³-hybridized carbons (Fsp3) is 0.304. The van der Waals surface area contributed by atoms with E-state index in [4.69, 9.17) is 5.11 Å². The van der Waals surface area contributed by atoms with Crippen LogP contribution in [0.3, 0.4) is 0 Å². The van der Waals surface area contributed by atoms with E-state index >= 15 is 0 Å². The van der Waals surface area contributed by atoms with Crippen LogP contribution in [0.4, 0.5) is 0 Å². The van der Waals surface area contributed by atoms with Crippen LogP contribution in [0.2, 0.25) is 0 Å². The van der Waals surface area contributed by atoms with Gasteiger partial charge < -0.3 is 10.3 Å². The van der Waals surface area contributed by atoms with E-state index in [1.807, 2.05) is 19.1 Å². The summed E-state index contributed by atoms with van der Waals surface area (Å²) in [5.74, 6) is -0.942. The Kier molecular flexibility index (Phi) is 5.17. The van der Waals surface area contributed by atoms with E-state index in [0.717, 1.165) is 29.5 Å². The van der Waals surface area contributed by atoms with Gasteiger partial charge >= 0.3 is 5.97 Å². The van der Waals surface area contributed by atoms with Crippen LogP contribution in [0.5, 0.6) is 0 Å². The van der Waals surface area contributed by atoms with Gasteiger partial charge in [-0.05, 0) is 78.1 Å². The molecule has 4 nitrogen and oxygen atoms in total. The lowest BCUT2D eigenvalue weighted by Crippen LogP contribution is -2.24. The highest BCUT2D eigenvalue weighted by atomic mass is 16.4. The van der Waals surface area contributed by atoms with Crippen LogP contribution >= 0.6 is 0 Å². The summed E-state index contributed by atoms with van der Waals surface area (Å²) in [4.78, 5) is 11.1. The molecule has 0 saturated carbocycles. The van der Waals surface area contributed by atoms with Crippen LogP contribution in [0.15, 0.2) is 47.6 Å². The molecule has 0 fully saturated rings. The molecule has 0 amide bonds. The largest absolute Gasteiger partial charge is 0.478 e. The van der Waals surface area contributed by atoms with Gasteiger partial charge in [0.05, 0.1) is 5.56 Å². The number of fused-ring (bicyclic) bond motifs is 1. The van der Waals surface area contributed by atoms with E-state index < -0.39 is 5.97 Å². The molecular formula is C23H25NO3. The summed E-state index contributed by atoms with van der Waals surface area (Å²) in [6.45, 7) is 6.38. The minimum absolute atomic E-state index is 0.122. The smallest absolute Gasteiger partial charge is 0.335 e. The highest BCUT2D eigenvalue weighted by Gasteiger charge is 2.27. The lowest BCUT2D eigenvalue weighted by atomic mass is 9.72. The minimum atomic E-state index is -0.942. The van der Waals surface area contributed by atoms with Gasteiger partial charge in [-0.2, -0.15) is 0 Å². The fourth-order valence-electron chi connectivity index (χ4n) is 3.79. The van der Waals surface area contributed by atoms with Crippen molar-refractivity contribution in [3.8, 4) is 0 Å². The highest BCUT2D eigenvalue weighted by Crippen LogP contribution is 2.37. The predicted octanol–water partition coefficient (Wildman–Crippen LogP) is 5.20. The van der Waals surface area contributed by atoms with E-state index in [1.165, 1.54) is 17.5 Å². The molecular weight excluding hydrogens is 338 g/mol. The summed E-state index contributed by atoms with van der Waals surface area (Å²) >= 11 is 0. The summed E-state index contributed by atoms with van der Waals surface area (Å²) in [6.07, 6.45) is 7.06. The van der Waals surface area contributed by atoms with Crippen molar-refractivity contribution in [2.45, 2.75) is 45.4 Å². The molecule has 0 saturated heterocycles. The highest BCUT2D eigenvalue weighted by molar-refractivity contribution is 6.10. The SMILES string of the molecule is Cc1cc(C(=O)O)ccc1/C=C/C(=N\O)c1ccc2c(c1)C(C)(C)CCC2. The Hall–Kier alpha value is -2.88. The fourth-order valence-corrected chi connectivity index (χ4v) is 3.79. The monoisotopic (exact) mass is 363 g/mol. The Morgan fingerprint density at radius 2 is 1.89 bits per heavy atom. The third-order valence-electron chi connectivity index (χ3n) is 5.43. The number of aryl methyl sites for hydroxylation is 2. The van der Waals surface area contributed by atoms with Gasteiger partial charge in [-0.25, -0.2) is 4.79 Å². The number of hydrogen-bond acceptors (Lipinski definition) is 3. The number of carboxylic acid groups (broad SMARTS) is 1. The zero-order chi connectivity index (χ0) is 19.6. The van der Waals surface area contributed by atoms with Gasteiger partial charge in [0.15, 0.2) is 0 Å². The molecule has 1 aliphatic rings. The quantitative estimate of drug-likeness (QED) is 0.446. The Morgan fingerprint density at radius 1 is 1.15 bits per heavy atom. The van der Waals surface area contributed by atoms with Crippen LogP contribution in [-0.2, 0) is 11.8 Å². The first-order valence-corrected chi connectivity index (χ1v) is 9.20. The van der Waals surface area contributed by atoms with E-state index in [9.17, 15) is 10.0 Å². The summed E-state index contributed by atoms with van der Waals surface area (Å²) in [5.41, 5.74) is 6.19. The van der Waals surface area contributed by atoms with Crippen molar-refractivity contribution in [3.05, 3.63) is 75.9 Å². The van der Waals surface area contributed by atoms with E-state index in [2.05, 4.69) is 31.1 Å². The number of oxime groups is 1. The molecule has 4 heteroatoms. The van der Waals surface area contributed by atoms with Crippen molar-refractivity contribution in [1.82, 2.24) is 0 Å². The molecule has 0 bridgehead atoms. The van der Waals surface area contributed by atoms with Crippen molar-refractivity contribution in [3.63, 3.8) is 0 Å². The lowest BCUT2D eigenvalue weighted by molar-refractivity contribution is 0.0696.